The molecule has 4 rings (SSSR count). The van der Waals surface area contributed by atoms with Crippen LogP contribution in [-0.4, -0.2) is 20.2 Å². The highest BCUT2D eigenvalue weighted by Crippen LogP contribution is 2.38. The number of aryl methyl sites for hydroxylation is 2. The zero-order valence-electron chi connectivity index (χ0n) is 11.1. The average molecular weight is 252 g/mol. The Labute approximate surface area is 111 Å². The highest BCUT2D eigenvalue weighted by Gasteiger charge is 2.27. The van der Waals surface area contributed by atoms with Crippen LogP contribution in [0.5, 0.6) is 0 Å². The van der Waals surface area contributed by atoms with Crippen LogP contribution < -0.4 is 0 Å². The summed E-state index contributed by atoms with van der Waals surface area (Å²) in [7, 11) is 0. The van der Waals surface area contributed by atoms with Crippen molar-refractivity contribution in [3.63, 3.8) is 0 Å². The number of aromatic nitrogens is 4. The first-order chi connectivity index (χ1) is 9.22. The first-order valence-corrected chi connectivity index (χ1v) is 6.74. The van der Waals surface area contributed by atoms with Crippen LogP contribution in [0.4, 0.5) is 0 Å². The van der Waals surface area contributed by atoms with Crippen LogP contribution in [0.25, 0.3) is 22.4 Å². The average Bonchev–Trinajstić information content (AvgIpc) is 3.06. The van der Waals surface area contributed by atoms with E-state index < -0.39 is 0 Å². The summed E-state index contributed by atoms with van der Waals surface area (Å²) in [6.07, 6.45) is 2.47. The van der Waals surface area contributed by atoms with E-state index in [1.54, 1.807) is 0 Å². The molecule has 1 aromatic carbocycles. The van der Waals surface area contributed by atoms with E-state index in [0.717, 1.165) is 22.9 Å². The molecule has 2 N–H and O–H groups in total. The molecule has 0 aliphatic heterocycles. The van der Waals surface area contributed by atoms with Crippen LogP contribution in [0.2, 0.25) is 0 Å². The quantitative estimate of drug-likeness (QED) is 0.734. The smallest absolute Gasteiger partial charge is 0.197 e. The van der Waals surface area contributed by atoms with E-state index >= 15 is 0 Å². The topological polar surface area (TPSA) is 57.4 Å². The summed E-state index contributed by atoms with van der Waals surface area (Å²) in [4.78, 5) is 8.06. The molecule has 0 bridgehead atoms. The summed E-state index contributed by atoms with van der Waals surface area (Å²) in [5, 5.41) is 8.68. The van der Waals surface area contributed by atoms with E-state index in [9.17, 15) is 0 Å². The molecule has 0 spiro atoms. The number of benzene rings is 1. The van der Waals surface area contributed by atoms with Crippen LogP contribution in [0, 0.1) is 13.8 Å². The first-order valence-electron chi connectivity index (χ1n) is 6.74. The van der Waals surface area contributed by atoms with Gasteiger partial charge in [-0.05, 0) is 44.4 Å². The predicted molar refractivity (Wildman–Crippen MR) is 75.1 cm³/mol. The molecule has 1 aliphatic rings. The Morgan fingerprint density at radius 2 is 2.05 bits per heavy atom. The van der Waals surface area contributed by atoms with Crippen molar-refractivity contribution in [2.75, 3.05) is 0 Å². The zero-order valence-corrected chi connectivity index (χ0v) is 11.1. The second kappa shape index (κ2) is 3.70. The van der Waals surface area contributed by atoms with Gasteiger partial charge >= 0.3 is 0 Å². The molecule has 0 unspecified atom stereocenters. The molecule has 0 radical (unpaired) electrons. The lowest BCUT2D eigenvalue weighted by Crippen LogP contribution is -1.84. The Hall–Kier alpha value is -2.10. The van der Waals surface area contributed by atoms with Crippen LogP contribution >= 0.6 is 0 Å². The fourth-order valence-electron chi connectivity index (χ4n) is 2.59. The van der Waals surface area contributed by atoms with E-state index in [4.69, 9.17) is 0 Å². The molecular weight excluding hydrogens is 236 g/mol. The van der Waals surface area contributed by atoms with Crippen molar-refractivity contribution >= 4 is 10.9 Å². The van der Waals surface area contributed by atoms with Gasteiger partial charge in [0, 0.05) is 16.8 Å². The van der Waals surface area contributed by atoms with Gasteiger partial charge in [-0.15, -0.1) is 0 Å². The van der Waals surface area contributed by atoms with E-state index in [-0.39, 0.29) is 0 Å². The molecule has 0 atom stereocenters. The lowest BCUT2D eigenvalue weighted by Gasteiger charge is -1.94. The molecule has 96 valence electrons. The summed E-state index contributed by atoms with van der Waals surface area (Å²) in [5.41, 5.74) is 4.68. The second-order valence-corrected chi connectivity index (χ2v) is 5.49. The maximum Gasteiger partial charge on any atom is 0.197 e. The van der Waals surface area contributed by atoms with Crippen molar-refractivity contribution in [3.8, 4) is 11.5 Å². The van der Waals surface area contributed by atoms with E-state index in [1.165, 1.54) is 29.4 Å². The van der Waals surface area contributed by atoms with Gasteiger partial charge in [-0.2, -0.15) is 5.10 Å². The Balaban J connectivity index is 1.86. The van der Waals surface area contributed by atoms with Gasteiger partial charge in [0.1, 0.15) is 5.82 Å². The molecule has 4 heteroatoms. The van der Waals surface area contributed by atoms with Crippen LogP contribution in [0.1, 0.15) is 35.7 Å². The van der Waals surface area contributed by atoms with Gasteiger partial charge in [0.25, 0.3) is 0 Å². The van der Waals surface area contributed by atoms with Gasteiger partial charge in [-0.3, -0.25) is 5.10 Å². The Morgan fingerprint density at radius 3 is 2.84 bits per heavy atom. The largest absolute Gasteiger partial charge is 0.352 e. The summed E-state index contributed by atoms with van der Waals surface area (Å²) in [5.74, 6) is 2.42. The van der Waals surface area contributed by atoms with E-state index in [2.05, 4.69) is 52.2 Å². The van der Waals surface area contributed by atoms with Crippen LogP contribution in [0.15, 0.2) is 18.2 Å². The highest BCUT2D eigenvalue weighted by molar-refractivity contribution is 5.89. The number of nitrogens with one attached hydrogen (secondary N) is 2. The van der Waals surface area contributed by atoms with Gasteiger partial charge in [-0.25, -0.2) is 4.98 Å². The maximum absolute atomic E-state index is 4.62. The Morgan fingerprint density at radius 1 is 1.21 bits per heavy atom. The lowest BCUT2D eigenvalue weighted by atomic mass is 10.1. The predicted octanol–water partition coefficient (Wildman–Crippen LogP) is 3.45. The minimum Gasteiger partial charge on any atom is -0.352 e. The van der Waals surface area contributed by atoms with Crippen molar-refractivity contribution in [3.05, 3.63) is 35.2 Å². The van der Waals surface area contributed by atoms with E-state index in [0.29, 0.717) is 5.92 Å². The Bertz CT molecular complexity index is 762. The third kappa shape index (κ3) is 1.67. The molecule has 1 fully saturated rings. The summed E-state index contributed by atoms with van der Waals surface area (Å²) in [6, 6.07) is 6.45. The minimum atomic E-state index is 0.605. The molecule has 19 heavy (non-hydrogen) atoms. The summed E-state index contributed by atoms with van der Waals surface area (Å²) in [6.45, 7) is 4.24. The van der Waals surface area contributed by atoms with Gasteiger partial charge in [-0.1, -0.05) is 11.6 Å². The number of rotatable bonds is 2. The first kappa shape index (κ1) is 10.8. The fourth-order valence-corrected chi connectivity index (χ4v) is 2.59. The van der Waals surface area contributed by atoms with Gasteiger partial charge in [0.15, 0.2) is 5.82 Å². The second-order valence-electron chi connectivity index (χ2n) is 5.49. The van der Waals surface area contributed by atoms with Crippen molar-refractivity contribution in [2.24, 2.45) is 0 Å². The van der Waals surface area contributed by atoms with Crippen molar-refractivity contribution in [1.82, 2.24) is 20.2 Å². The molecular formula is C15H16N4. The van der Waals surface area contributed by atoms with Crippen LogP contribution in [-0.2, 0) is 0 Å². The van der Waals surface area contributed by atoms with Crippen LogP contribution in [0.3, 0.4) is 0 Å². The number of hydrogen-bond acceptors (Lipinski definition) is 2. The number of aromatic amines is 2. The third-order valence-corrected chi connectivity index (χ3v) is 3.90. The lowest BCUT2D eigenvalue weighted by molar-refractivity contribution is 0.935. The molecule has 0 amide bonds. The SMILES string of the molecule is Cc1ccc2[nH]c(-c3n[nH]c(C4CC4)n3)c(C)c2c1. The summed E-state index contributed by atoms with van der Waals surface area (Å²) < 4.78 is 0. The number of hydrogen-bond donors (Lipinski definition) is 2. The van der Waals surface area contributed by atoms with Crippen molar-refractivity contribution in [2.45, 2.75) is 32.6 Å². The zero-order chi connectivity index (χ0) is 13.0. The Kier molecular flexibility index (Phi) is 2.10. The van der Waals surface area contributed by atoms with Crippen molar-refractivity contribution < 1.29 is 0 Å². The molecule has 0 saturated heterocycles. The standard InChI is InChI=1S/C15H16N4/c1-8-3-6-12-11(7-8)9(2)13(16-12)15-17-14(18-19-15)10-4-5-10/h3,6-7,10,16H,4-5H2,1-2H3,(H,17,18,19). The third-order valence-electron chi connectivity index (χ3n) is 3.90. The summed E-state index contributed by atoms with van der Waals surface area (Å²) >= 11 is 0. The molecule has 1 aliphatic carbocycles. The maximum atomic E-state index is 4.62. The monoisotopic (exact) mass is 252 g/mol. The van der Waals surface area contributed by atoms with Gasteiger partial charge in [0.2, 0.25) is 0 Å². The van der Waals surface area contributed by atoms with Crippen molar-refractivity contribution in [1.29, 1.82) is 0 Å². The van der Waals surface area contributed by atoms with E-state index in [1.807, 2.05) is 0 Å². The number of fused-ring (bicyclic) bond motifs is 1. The van der Waals surface area contributed by atoms with Gasteiger partial charge < -0.3 is 4.98 Å². The normalized spacial score (nSPS) is 15.3. The number of nitrogens with zero attached hydrogens (tertiary/aromatic N) is 2. The molecule has 3 aromatic rings. The molecule has 2 heterocycles. The molecule has 4 nitrogen and oxygen atoms in total. The fraction of sp³-hybridized carbons (Fsp3) is 0.333. The molecule has 2 aromatic heterocycles. The van der Waals surface area contributed by atoms with Gasteiger partial charge in [0.05, 0.1) is 5.69 Å². The number of H-pyrrole nitrogens is 2. The molecule has 1 saturated carbocycles. The minimum absolute atomic E-state index is 0.605. The highest BCUT2D eigenvalue weighted by atomic mass is 15.2.